The average molecular weight is 379 g/mol. The van der Waals surface area contributed by atoms with Gasteiger partial charge in [-0.1, -0.05) is 6.07 Å². The van der Waals surface area contributed by atoms with Gasteiger partial charge in [-0.05, 0) is 31.5 Å². The van der Waals surface area contributed by atoms with E-state index in [1.807, 2.05) is 18.2 Å². The summed E-state index contributed by atoms with van der Waals surface area (Å²) < 4.78 is 2.09. The summed E-state index contributed by atoms with van der Waals surface area (Å²) in [6.45, 7) is 9.23. The van der Waals surface area contributed by atoms with E-state index in [0.717, 1.165) is 54.7 Å². The van der Waals surface area contributed by atoms with E-state index in [4.69, 9.17) is 4.98 Å². The van der Waals surface area contributed by atoms with Crippen LogP contribution in [0.1, 0.15) is 16.1 Å². The Bertz CT molecular complexity index is 1070. The molecule has 0 N–H and O–H groups in total. The van der Waals surface area contributed by atoms with E-state index in [1.165, 1.54) is 15.8 Å². The smallest absolute Gasteiger partial charge is 0.141 e. The lowest BCUT2D eigenvalue weighted by atomic mass is 10.2. The summed E-state index contributed by atoms with van der Waals surface area (Å²) in [6.07, 6.45) is 5.89. The lowest BCUT2D eigenvalue weighted by Crippen LogP contribution is -2.46. The molecule has 1 fully saturated rings. The zero-order valence-electron chi connectivity index (χ0n) is 15.6. The predicted octanol–water partition coefficient (Wildman–Crippen LogP) is 3.28. The number of hydrogen-bond donors (Lipinski definition) is 0. The number of pyridine rings is 1. The number of rotatable bonds is 3. The van der Waals surface area contributed by atoms with E-state index in [0.29, 0.717) is 0 Å². The maximum Gasteiger partial charge on any atom is 0.141 e. The molecule has 0 aromatic carbocycles. The summed E-state index contributed by atoms with van der Waals surface area (Å²) in [4.78, 5) is 21.1. The van der Waals surface area contributed by atoms with Crippen LogP contribution in [-0.2, 0) is 6.54 Å². The van der Waals surface area contributed by atoms with E-state index in [9.17, 15) is 0 Å². The molecule has 1 aliphatic heterocycles. The summed E-state index contributed by atoms with van der Waals surface area (Å²) in [5.74, 6) is 1.09. The second-order valence-electron chi connectivity index (χ2n) is 7.12. The molecule has 4 aromatic heterocycles. The first-order valence-electron chi connectivity index (χ1n) is 9.29. The molecule has 0 saturated carbocycles. The second-order valence-corrected chi connectivity index (χ2v) is 8.33. The Morgan fingerprint density at radius 2 is 1.93 bits per heavy atom. The van der Waals surface area contributed by atoms with Gasteiger partial charge in [0, 0.05) is 50.0 Å². The van der Waals surface area contributed by atoms with E-state index in [-0.39, 0.29) is 0 Å². The Kier molecular flexibility index (Phi) is 4.06. The molecule has 0 aliphatic carbocycles. The van der Waals surface area contributed by atoms with Gasteiger partial charge in [0.1, 0.15) is 22.6 Å². The van der Waals surface area contributed by atoms with Crippen molar-refractivity contribution in [1.29, 1.82) is 0 Å². The van der Waals surface area contributed by atoms with Crippen molar-refractivity contribution in [2.45, 2.75) is 20.4 Å². The molecular formula is C20H22N6S. The first kappa shape index (κ1) is 16.6. The van der Waals surface area contributed by atoms with Crippen molar-refractivity contribution >= 4 is 33.0 Å². The quantitative estimate of drug-likeness (QED) is 0.548. The minimum absolute atomic E-state index is 0.894. The van der Waals surface area contributed by atoms with Crippen LogP contribution in [0.2, 0.25) is 0 Å². The van der Waals surface area contributed by atoms with Gasteiger partial charge < -0.3 is 9.30 Å². The Hall–Kier alpha value is -2.51. The van der Waals surface area contributed by atoms with Crippen LogP contribution < -0.4 is 4.90 Å². The van der Waals surface area contributed by atoms with Crippen LogP contribution in [0, 0.1) is 13.8 Å². The van der Waals surface area contributed by atoms with Crippen molar-refractivity contribution in [1.82, 2.24) is 24.3 Å². The highest BCUT2D eigenvalue weighted by Crippen LogP contribution is 2.34. The summed E-state index contributed by atoms with van der Waals surface area (Å²) in [5, 5.41) is 1.23. The van der Waals surface area contributed by atoms with Crippen LogP contribution in [0.25, 0.3) is 15.9 Å². The van der Waals surface area contributed by atoms with Crippen LogP contribution in [-0.4, -0.2) is 50.4 Å². The number of piperazine rings is 1. The molecule has 0 amide bonds. The Morgan fingerprint density at radius 1 is 1.07 bits per heavy atom. The molecular weight excluding hydrogens is 356 g/mol. The number of anilines is 1. The van der Waals surface area contributed by atoms with Crippen molar-refractivity contribution in [2.24, 2.45) is 0 Å². The van der Waals surface area contributed by atoms with Gasteiger partial charge in [-0.2, -0.15) is 0 Å². The Balaban J connectivity index is 1.32. The van der Waals surface area contributed by atoms with E-state index < -0.39 is 0 Å². The third-order valence-corrected chi connectivity index (χ3v) is 6.53. The minimum atomic E-state index is 0.894. The molecule has 7 heteroatoms. The van der Waals surface area contributed by atoms with Crippen LogP contribution in [0.4, 0.5) is 5.82 Å². The van der Waals surface area contributed by atoms with Crippen LogP contribution >= 0.6 is 11.3 Å². The second kappa shape index (κ2) is 6.58. The number of imidazole rings is 1. The molecule has 0 unspecified atom stereocenters. The van der Waals surface area contributed by atoms with E-state index in [1.54, 1.807) is 17.7 Å². The monoisotopic (exact) mass is 378 g/mol. The highest BCUT2D eigenvalue weighted by atomic mass is 32.1. The van der Waals surface area contributed by atoms with Crippen molar-refractivity contribution in [2.75, 3.05) is 31.1 Å². The molecule has 6 nitrogen and oxygen atoms in total. The first-order chi connectivity index (χ1) is 13.2. The van der Waals surface area contributed by atoms with Crippen LogP contribution in [0.5, 0.6) is 0 Å². The fourth-order valence-electron chi connectivity index (χ4n) is 3.81. The molecule has 0 bridgehead atoms. The molecule has 1 saturated heterocycles. The van der Waals surface area contributed by atoms with Gasteiger partial charge in [0.2, 0.25) is 0 Å². The fraction of sp³-hybridized carbons (Fsp3) is 0.350. The van der Waals surface area contributed by atoms with Gasteiger partial charge in [0.05, 0.1) is 11.1 Å². The van der Waals surface area contributed by atoms with Crippen LogP contribution in [0.15, 0.2) is 36.9 Å². The molecule has 138 valence electrons. The highest BCUT2D eigenvalue weighted by molar-refractivity contribution is 7.18. The summed E-state index contributed by atoms with van der Waals surface area (Å²) in [5.41, 5.74) is 3.46. The summed E-state index contributed by atoms with van der Waals surface area (Å²) in [6, 6.07) is 6.11. The molecule has 5 heterocycles. The van der Waals surface area contributed by atoms with Gasteiger partial charge in [0.15, 0.2) is 0 Å². The Morgan fingerprint density at radius 3 is 2.74 bits per heavy atom. The lowest BCUT2D eigenvalue weighted by Gasteiger charge is -2.35. The highest BCUT2D eigenvalue weighted by Gasteiger charge is 2.22. The normalized spacial score (nSPS) is 15.9. The van der Waals surface area contributed by atoms with Crippen molar-refractivity contribution in [3.05, 3.63) is 53.1 Å². The maximum atomic E-state index is 4.73. The summed E-state index contributed by atoms with van der Waals surface area (Å²) in [7, 11) is 0. The molecule has 5 rings (SSSR count). The standard InChI is InChI=1S/C20H22N6S/c1-14-15(2)27-20-18(14)19(21-13-22-20)25-9-7-24(8-10-25)11-16-12-26-6-4-3-5-17(26)23-16/h3-6,12-13H,7-11H2,1-2H3. The van der Waals surface area contributed by atoms with Crippen molar-refractivity contribution in [3.8, 4) is 0 Å². The third kappa shape index (κ3) is 2.96. The number of fused-ring (bicyclic) bond motifs is 2. The first-order valence-corrected chi connectivity index (χ1v) is 10.1. The topological polar surface area (TPSA) is 49.6 Å². The number of thiophene rings is 1. The van der Waals surface area contributed by atoms with Gasteiger partial charge >= 0.3 is 0 Å². The molecule has 27 heavy (non-hydrogen) atoms. The zero-order valence-corrected chi connectivity index (χ0v) is 16.4. The van der Waals surface area contributed by atoms with Gasteiger partial charge in [-0.15, -0.1) is 11.3 Å². The predicted molar refractivity (Wildman–Crippen MR) is 110 cm³/mol. The van der Waals surface area contributed by atoms with Gasteiger partial charge in [-0.25, -0.2) is 15.0 Å². The number of aromatic nitrogens is 4. The molecule has 4 aromatic rings. The largest absolute Gasteiger partial charge is 0.353 e. The van der Waals surface area contributed by atoms with Crippen molar-refractivity contribution in [3.63, 3.8) is 0 Å². The SMILES string of the molecule is Cc1sc2ncnc(N3CCN(Cc4cn5ccccc5n4)CC3)c2c1C. The number of hydrogen-bond acceptors (Lipinski definition) is 6. The van der Waals surface area contributed by atoms with Crippen molar-refractivity contribution < 1.29 is 0 Å². The molecule has 0 radical (unpaired) electrons. The average Bonchev–Trinajstić information content (AvgIpc) is 3.22. The third-order valence-electron chi connectivity index (χ3n) is 5.42. The fourth-order valence-corrected chi connectivity index (χ4v) is 4.81. The molecule has 0 spiro atoms. The van der Waals surface area contributed by atoms with E-state index >= 15 is 0 Å². The summed E-state index contributed by atoms with van der Waals surface area (Å²) >= 11 is 1.76. The van der Waals surface area contributed by atoms with Crippen LogP contribution in [0.3, 0.4) is 0 Å². The van der Waals surface area contributed by atoms with E-state index in [2.05, 4.69) is 50.4 Å². The maximum absolute atomic E-state index is 4.73. The zero-order chi connectivity index (χ0) is 18.4. The molecule has 0 atom stereocenters. The number of nitrogens with zero attached hydrogens (tertiary/aromatic N) is 6. The number of aryl methyl sites for hydroxylation is 2. The lowest BCUT2D eigenvalue weighted by molar-refractivity contribution is 0.247. The minimum Gasteiger partial charge on any atom is -0.353 e. The molecule has 1 aliphatic rings. The van der Waals surface area contributed by atoms with Gasteiger partial charge in [-0.3, -0.25) is 4.90 Å². The Labute approximate surface area is 162 Å². The van der Waals surface area contributed by atoms with Gasteiger partial charge in [0.25, 0.3) is 0 Å².